The van der Waals surface area contributed by atoms with Gasteiger partial charge in [0.1, 0.15) is 16.4 Å². The molecule has 1 aromatic carbocycles. The Morgan fingerprint density at radius 3 is 2.52 bits per heavy atom. The number of sulfone groups is 1. The number of ketones is 1. The normalized spacial score (nSPS) is 11.4. The van der Waals surface area contributed by atoms with E-state index in [4.69, 9.17) is 4.74 Å². The van der Waals surface area contributed by atoms with Crippen LogP contribution in [0.25, 0.3) is 0 Å². The Balaban J connectivity index is 2.33. The molecule has 0 unspecified atom stereocenters. The summed E-state index contributed by atoms with van der Waals surface area (Å²) in [5.74, 6) is -0.833. The van der Waals surface area contributed by atoms with E-state index < -0.39 is 21.4 Å². The largest absolute Gasteiger partial charge is 0.495 e. The van der Waals surface area contributed by atoms with Crippen LogP contribution in [0.2, 0.25) is 0 Å². The third-order valence-electron chi connectivity index (χ3n) is 2.68. The molecule has 0 fully saturated rings. The fraction of sp³-hybridized carbons (Fsp3) is 0.154. The van der Waals surface area contributed by atoms with Crippen LogP contribution in [-0.4, -0.2) is 27.1 Å². The van der Waals surface area contributed by atoms with Gasteiger partial charge in [-0.1, -0.05) is 12.1 Å². The molecule has 0 spiro atoms. The minimum atomic E-state index is -3.76. The number of rotatable bonds is 5. The van der Waals surface area contributed by atoms with E-state index in [1.54, 1.807) is 24.3 Å². The molecule has 0 aliphatic carbocycles. The lowest BCUT2D eigenvalue weighted by Gasteiger charge is -2.08. The third-order valence-corrected chi connectivity index (χ3v) is 6.67. The zero-order chi connectivity index (χ0) is 15.6. The van der Waals surface area contributed by atoms with Gasteiger partial charge in [-0.3, -0.25) is 4.79 Å². The van der Waals surface area contributed by atoms with Crippen LogP contribution in [0.1, 0.15) is 10.4 Å². The van der Waals surface area contributed by atoms with E-state index in [1.165, 1.54) is 24.5 Å². The van der Waals surface area contributed by atoms with Crippen molar-refractivity contribution in [1.82, 2.24) is 0 Å². The molecule has 1 aromatic heterocycles. The zero-order valence-electron chi connectivity index (χ0n) is 10.8. The van der Waals surface area contributed by atoms with Gasteiger partial charge in [0.25, 0.3) is 0 Å². The number of Topliss-reactive ketones (excluding diaryl/α,β-unsaturated/α-hetero) is 1. The summed E-state index contributed by atoms with van der Waals surface area (Å²) < 4.78 is 31.2. The maximum atomic E-state index is 12.4. The van der Waals surface area contributed by atoms with Gasteiger partial charge in [-0.05, 0) is 50.1 Å². The number of thiophene rings is 1. The van der Waals surface area contributed by atoms with E-state index in [2.05, 4.69) is 31.9 Å². The summed E-state index contributed by atoms with van der Waals surface area (Å²) in [5, 5.41) is 0. The molecule has 0 amide bonds. The Labute approximate surface area is 143 Å². The topological polar surface area (TPSA) is 60.4 Å². The van der Waals surface area contributed by atoms with Gasteiger partial charge in [0.2, 0.25) is 0 Å². The Morgan fingerprint density at radius 2 is 1.95 bits per heavy atom. The summed E-state index contributed by atoms with van der Waals surface area (Å²) >= 11 is 7.84. The summed E-state index contributed by atoms with van der Waals surface area (Å²) in [6.45, 7) is 0. The number of carbonyl (C=O) groups excluding carboxylic acids is 1. The molecule has 1 heterocycles. The van der Waals surface area contributed by atoms with E-state index in [0.29, 0.717) is 9.35 Å². The predicted octanol–water partition coefficient (Wildman–Crippen LogP) is 3.94. The highest BCUT2D eigenvalue weighted by atomic mass is 79.9. The molecule has 0 saturated heterocycles. The highest BCUT2D eigenvalue weighted by Crippen LogP contribution is 2.33. The van der Waals surface area contributed by atoms with Crippen LogP contribution < -0.4 is 4.74 Å². The molecular formula is C13H10Br2O4S2. The monoisotopic (exact) mass is 452 g/mol. The van der Waals surface area contributed by atoms with Crippen molar-refractivity contribution in [3.05, 3.63) is 43.5 Å². The second-order valence-electron chi connectivity index (χ2n) is 4.07. The second kappa shape index (κ2) is 6.60. The molecule has 0 bridgehead atoms. The lowest BCUT2D eigenvalue weighted by atomic mass is 10.2. The molecule has 2 aromatic rings. The van der Waals surface area contributed by atoms with Crippen molar-refractivity contribution in [3.8, 4) is 5.75 Å². The van der Waals surface area contributed by atoms with Gasteiger partial charge in [0.15, 0.2) is 15.6 Å². The second-order valence-corrected chi connectivity index (χ2v) is 9.78. The summed E-state index contributed by atoms with van der Waals surface area (Å²) in [4.78, 5) is 12.2. The first-order chi connectivity index (χ1) is 9.85. The molecule has 0 atom stereocenters. The SMILES string of the molecule is COc1ccccc1S(=O)(=O)CC(=O)c1cc(Br)sc1Br. The predicted molar refractivity (Wildman–Crippen MR) is 89.1 cm³/mol. The van der Waals surface area contributed by atoms with Crippen LogP contribution in [0.4, 0.5) is 0 Å². The summed E-state index contributed by atoms with van der Waals surface area (Å²) in [5.41, 5.74) is 0.352. The van der Waals surface area contributed by atoms with Crippen molar-refractivity contribution in [2.75, 3.05) is 12.9 Å². The molecular weight excluding hydrogens is 444 g/mol. The van der Waals surface area contributed by atoms with Crippen LogP contribution in [-0.2, 0) is 9.84 Å². The fourth-order valence-corrected chi connectivity index (χ4v) is 5.99. The van der Waals surface area contributed by atoms with Crippen molar-refractivity contribution >= 4 is 58.8 Å². The van der Waals surface area contributed by atoms with Gasteiger partial charge in [-0.15, -0.1) is 11.3 Å². The third kappa shape index (κ3) is 3.74. The molecule has 0 saturated carbocycles. The average Bonchev–Trinajstić information content (AvgIpc) is 2.77. The fourth-order valence-electron chi connectivity index (χ4n) is 1.73. The van der Waals surface area contributed by atoms with Crippen molar-refractivity contribution < 1.29 is 17.9 Å². The average molecular weight is 454 g/mol. The quantitative estimate of drug-likeness (QED) is 0.643. The summed E-state index contributed by atoms with van der Waals surface area (Å²) in [6.07, 6.45) is 0. The maximum Gasteiger partial charge on any atom is 0.189 e. The minimum Gasteiger partial charge on any atom is -0.495 e. The summed E-state index contributed by atoms with van der Waals surface area (Å²) in [6, 6.07) is 7.85. The lowest BCUT2D eigenvalue weighted by molar-refractivity contribution is 0.102. The van der Waals surface area contributed by atoms with Crippen molar-refractivity contribution in [1.29, 1.82) is 0 Å². The van der Waals surface area contributed by atoms with Gasteiger partial charge in [-0.2, -0.15) is 0 Å². The molecule has 0 aliphatic rings. The van der Waals surface area contributed by atoms with Crippen LogP contribution in [0.5, 0.6) is 5.75 Å². The number of hydrogen-bond donors (Lipinski definition) is 0. The highest BCUT2D eigenvalue weighted by Gasteiger charge is 2.25. The van der Waals surface area contributed by atoms with Gasteiger partial charge >= 0.3 is 0 Å². The molecule has 0 radical (unpaired) electrons. The van der Waals surface area contributed by atoms with E-state index in [0.717, 1.165) is 3.79 Å². The van der Waals surface area contributed by atoms with E-state index in [-0.39, 0.29) is 10.6 Å². The van der Waals surface area contributed by atoms with Gasteiger partial charge < -0.3 is 4.74 Å². The number of para-hydroxylation sites is 1. The number of halogens is 2. The van der Waals surface area contributed by atoms with Crippen LogP contribution in [0.15, 0.2) is 42.8 Å². The van der Waals surface area contributed by atoms with Gasteiger partial charge in [-0.25, -0.2) is 8.42 Å². The van der Waals surface area contributed by atoms with Crippen molar-refractivity contribution in [2.45, 2.75) is 4.90 Å². The molecule has 21 heavy (non-hydrogen) atoms. The number of carbonyl (C=O) groups is 1. The zero-order valence-corrected chi connectivity index (χ0v) is 15.6. The molecule has 0 aliphatic heterocycles. The van der Waals surface area contributed by atoms with Crippen LogP contribution >= 0.6 is 43.2 Å². The van der Waals surface area contributed by atoms with Crippen molar-refractivity contribution in [3.63, 3.8) is 0 Å². The van der Waals surface area contributed by atoms with Crippen molar-refractivity contribution in [2.24, 2.45) is 0 Å². The molecule has 0 N–H and O–H groups in total. The lowest BCUT2D eigenvalue weighted by Crippen LogP contribution is -2.17. The molecule has 2 rings (SSSR count). The Kier molecular flexibility index (Phi) is 5.24. The van der Waals surface area contributed by atoms with Gasteiger partial charge in [0, 0.05) is 5.56 Å². The molecule has 8 heteroatoms. The standard InChI is InChI=1S/C13H10Br2O4S2/c1-19-10-4-2-3-5-11(10)21(17,18)7-9(16)8-6-12(14)20-13(8)15/h2-6H,7H2,1H3. The first-order valence-corrected chi connectivity index (χ1v) is 9.74. The number of methoxy groups -OCH3 is 1. The van der Waals surface area contributed by atoms with Gasteiger partial charge in [0.05, 0.1) is 14.7 Å². The number of ether oxygens (including phenoxy) is 1. The summed E-state index contributed by atoms with van der Waals surface area (Å²) in [7, 11) is -2.37. The first kappa shape index (κ1) is 16.7. The Morgan fingerprint density at radius 1 is 1.29 bits per heavy atom. The molecule has 112 valence electrons. The Hall–Kier alpha value is -0.700. The highest BCUT2D eigenvalue weighted by molar-refractivity contribution is 9.12. The first-order valence-electron chi connectivity index (χ1n) is 5.69. The van der Waals surface area contributed by atoms with E-state index >= 15 is 0 Å². The molecule has 4 nitrogen and oxygen atoms in total. The van der Waals surface area contributed by atoms with E-state index in [9.17, 15) is 13.2 Å². The van der Waals surface area contributed by atoms with E-state index in [1.807, 2.05) is 0 Å². The van der Waals surface area contributed by atoms with Crippen LogP contribution in [0, 0.1) is 0 Å². The number of hydrogen-bond acceptors (Lipinski definition) is 5. The number of benzene rings is 1. The minimum absolute atomic E-state index is 0.0197. The van der Waals surface area contributed by atoms with Crippen LogP contribution in [0.3, 0.4) is 0 Å². The maximum absolute atomic E-state index is 12.4. The Bertz CT molecular complexity index is 781. The smallest absolute Gasteiger partial charge is 0.189 e.